The Kier molecular flexibility index (Phi) is 6.75. The number of cyclic esters (lactones) is 1. The van der Waals surface area contributed by atoms with E-state index in [0.29, 0.717) is 12.2 Å². The maximum absolute atomic E-state index is 13.5. The van der Waals surface area contributed by atoms with E-state index in [-0.39, 0.29) is 18.2 Å². The molecule has 0 amide bonds. The largest absolute Gasteiger partial charge is 0.495 e. The number of halogens is 2. The van der Waals surface area contributed by atoms with Gasteiger partial charge in [0.05, 0.1) is 24.1 Å². The molecule has 1 aliphatic rings. The van der Waals surface area contributed by atoms with Crippen molar-refractivity contribution in [3.63, 3.8) is 0 Å². The van der Waals surface area contributed by atoms with Crippen LogP contribution in [0.3, 0.4) is 0 Å². The zero-order valence-corrected chi connectivity index (χ0v) is 18.2. The van der Waals surface area contributed by atoms with Gasteiger partial charge in [-0.3, -0.25) is 4.79 Å². The first-order valence-electron chi connectivity index (χ1n) is 9.52. The molecule has 6 heteroatoms. The van der Waals surface area contributed by atoms with Gasteiger partial charge < -0.3 is 14.6 Å². The molecular weight excluding hydrogens is 439 g/mol. The molecule has 0 saturated carbocycles. The summed E-state index contributed by atoms with van der Waals surface area (Å²) in [6.07, 6.45) is 2.88. The van der Waals surface area contributed by atoms with Gasteiger partial charge in [-0.25, -0.2) is 4.39 Å². The third-order valence-corrected chi connectivity index (χ3v) is 5.52. The summed E-state index contributed by atoms with van der Waals surface area (Å²) in [5.74, 6) is 0.124. The Morgan fingerprint density at radius 1 is 1.31 bits per heavy atom. The van der Waals surface area contributed by atoms with E-state index < -0.39 is 18.2 Å². The summed E-state index contributed by atoms with van der Waals surface area (Å²) in [6.45, 7) is 4.18. The number of aliphatic hydroxyl groups is 1. The monoisotopic (exact) mass is 462 g/mol. The predicted molar refractivity (Wildman–Crippen MR) is 114 cm³/mol. The first-order chi connectivity index (χ1) is 13.8. The van der Waals surface area contributed by atoms with Crippen molar-refractivity contribution >= 4 is 28.0 Å². The summed E-state index contributed by atoms with van der Waals surface area (Å²) in [6, 6.07) is 8.27. The van der Waals surface area contributed by atoms with Gasteiger partial charge in [0.2, 0.25) is 0 Å². The number of methoxy groups -OCH3 is 1. The molecule has 3 rings (SSSR count). The Labute approximate surface area is 178 Å². The lowest BCUT2D eigenvalue weighted by Gasteiger charge is -2.24. The average molecular weight is 463 g/mol. The van der Waals surface area contributed by atoms with Gasteiger partial charge in [0, 0.05) is 12.0 Å². The molecule has 2 unspecified atom stereocenters. The van der Waals surface area contributed by atoms with Crippen molar-refractivity contribution in [2.75, 3.05) is 7.11 Å². The molecule has 29 heavy (non-hydrogen) atoms. The van der Waals surface area contributed by atoms with Crippen LogP contribution in [0.4, 0.5) is 4.39 Å². The molecular formula is C23H24BrFO4. The highest BCUT2D eigenvalue weighted by Gasteiger charge is 2.26. The van der Waals surface area contributed by atoms with E-state index in [9.17, 15) is 14.3 Å². The van der Waals surface area contributed by atoms with Gasteiger partial charge in [-0.05, 0) is 62.8 Å². The van der Waals surface area contributed by atoms with E-state index in [1.165, 1.54) is 12.1 Å². The first-order valence-corrected chi connectivity index (χ1v) is 10.3. The van der Waals surface area contributed by atoms with E-state index >= 15 is 0 Å². The van der Waals surface area contributed by atoms with Crippen molar-refractivity contribution < 1.29 is 23.8 Å². The summed E-state index contributed by atoms with van der Waals surface area (Å²) in [7, 11) is 1.59. The van der Waals surface area contributed by atoms with Crippen LogP contribution in [0.2, 0.25) is 0 Å². The topological polar surface area (TPSA) is 55.8 Å². The number of ether oxygens (including phenoxy) is 2. The number of esters is 1. The fraction of sp³-hybridized carbons (Fsp3) is 0.348. The van der Waals surface area contributed by atoms with E-state index in [4.69, 9.17) is 9.47 Å². The maximum Gasteiger partial charge on any atom is 0.309 e. The van der Waals surface area contributed by atoms with Crippen molar-refractivity contribution in [1.29, 1.82) is 0 Å². The van der Waals surface area contributed by atoms with Gasteiger partial charge in [-0.2, -0.15) is 0 Å². The van der Waals surface area contributed by atoms with E-state index in [2.05, 4.69) is 29.8 Å². The number of benzene rings is 2. The van der Waals surface area contributed by atoms with Crippen LogP contribution >= 0.6 is 15.9 Å². The second kappa shape index (κ2) is 9.09. The second-order valence-electron chi connectivity index (χ2n) is 7.41. The zero-order chi connectivity index (χ0) is 21.1. The molecule has 4 nitrogen and oxygen atoms in total. The van der Waals surface area contributed by atoms with Crippen LogP contribution < -0.4 is 4.74 Å². The minimum Gasteiger partial charge on any atom is -0.495 e. The summed E-state index contributed by atoms with van der Waals surface area (Å²) in [4.78, 5) is 11.7. The van der Waals surface area contributed by atoms with Crippen LogP contribution in [0.1, 0.15) is 43.7 Å². The standard InChI is InChI=1S/C23H24BrFO4/c1-13(2)19-12-20(24)23(28-3)22(14-4-6-15(25)7-5-14)18(19)9-8-17-10-16(26)11-21(27)29-17/h4-9,12-13,16-17,26H,10-11H2,1-3H3/b9-8+. The van der Waals surface area contributed by atoms with Gasteiger partial charge in [-0.15, -0.1) is 0 Å². The van der Waals surface area contributed by atoms with Crippen molar-refractivity contribution in [1.82, 2.24) is 0 Å². The summed E-state index contributed by atoms with van der Waals surface area (Å²) >= 11 is 3.59. The van der Waals surface area contributed by atoms with Crippen molar-refractivity contribution in [2.24, 2.45) is 0 Å². The number of hydrogen-bond donors (Lipinski definition) is 1. The lowest BCUT2D eigenvalue weighted by Crippen LogP contribution is -2.31. The fourth-order valence-corrected chi connectivity index (χ4v) is 4.16. The summed E-state index contributed by atoms with van der Waals surface area (Å²) in [5, 5.41) is 9.87. The molecule has 1 heterocycles. The molecule has 2 atom stereocenters. The van der Waals surface area contributed by atoms with Crippen molar-refractivity contribution in [2.45, 2.75) is 44.8 Å². The highest BCUT2D eigenvalue weighted by molar-refractivity contribution is 9.10. The van der Waals surface area contributed by atoms with E-state index in [1.807, 2.05) is 12.1 Å². The van der Waals surface area contributed by atoms with Gasteiger partial charge >= 0.3 is 5.97 Å². The quantitative estimate of drug-likeness (QED) is 0.598. The number of hydrogen-bond acceptors (Lipinski definition) is 4. The Balaban J connectivity index is 2.16. The molecule has 0 radical (unpaired) electrons. The molecule has 0 spiro atoms. The maximum atomic E-state index is 13.5. The van der Waals surface area contributed by atoms with Gasteiger partial charge in [0.15, 0.2) is 0 Å². The number of carbonyl (C=O) groups excluding carboxylic acids is 1. The molecule has 0 bridgehead atoms. The van der Waals surface area contributed by atoms with Crippen LogP contribution in [0.25, 0.3) is 17.2 Å². The number of carbonyl (C=O) groups is 1. The molecule has 1 fully saturated rings. The Morgan fingerprint density at radius 2 is 2.00 bits per heavy atom. The van der Waals surface area contributed by atoms with Gasteiger partial charge in [0.1, 0.15) is 17.7 Å². The Hall–Kier alpha value is -2.18. The molecule has 154 valence electrons. The Bertz CT molecular complexity index is 921. The summed E-state index contributed by atoms with van der Waals surface area (Å²) < 4.78 is 25.3. The minimum absolute atomic E-state index is 0.0223. The summed E-state index contributed by atoms with van der Waals surface area (Å²) in [5.41, 5.74) is 3.61. The van der Waals surface area contributed by atoms with Crippen LogP contribution in [-0.2, 0) is 9.53 Å². The molecule has 0 aromatic heterocycles. The van der Waals surface area contributed by atoms with E-state index in [1.54, 1.807) is 25.3 Å². The van der Waals surface area contributed by atoms with Crippen LogP contribution in [0, 0.1) is 5.82 Å². The molecule has 1 aliphatic heterocycles. The van der Waals surface area contributed by atoms with Crippen molar-refractivity contribution in [3.05, 3.63) is 57.8 Å². The molecule has 1 N–H and O–H groups in total. The van der Waals surface area contributed by atoms with E-state index in [0.717, 1.165) is 26.7 Å². The molecule has 0 aliphatic carbocycles. The van der Waals surface area contributed by atoms with Crippen molar-refractivity contribution in [3.8, 4) is 16.9 Å². The highest BCUT2D eigenvalue weighted by Crippen LogP contribution is 2.43. The highest BCUT2D eigenvalue weighted by atomic mass is 79.9. The lowest BCUT2D eigenvalue weighted by atomic mass is 9.88. The fourth-order valence-electron chi connectivity index (χ4n) is 3.56. The van der Waals surface area contributed by atoms with Gasteiger partial charge in [0.25, 0.3) is 0 Å². The third kappa shape index (κ3) is 4.87. The smallest absolute Gasteiger partial charge is 0.309 e. The third-order valence-electron chi connectivity index (χ3n) is 4.93. The zero-order valence-electron chi connectivity index (χ0n) is 16.6. The molecule has 2 aromatic rings. The predicted octanol–water partition coefficient (Wildman–Crippen LogP) is 5.47. The lowest BCUT2D eigenvalue weighted by molar-refractivity contribution is -0.156. The molecule has 2 aromatic carbocycles. The average Bonchev–Trinajstić information content (AvgIpc) is 2.66. The van der Waals surface area contributed by atoms with Crippen LogP contribution in [0.5, 0.6) is 5.75 Å². The SMILES string of the molecule is COc1c(Br)cc(C(C)C)c(/C=C/C2CC(O)CC(=O)O2)c1-c1ccc(F)cc1. The molecule has 1 saturated heterocycles. The second-order valence-corrected chi connectivity index (χ2v) is 8.27. The Morgan fingerprint density at radius 3 is 2.59 bits per heavy atom. The number of rotatable bonds is 5. The number of aliphatic hydroxyl groups excluding tert-OH is 1. The van der Waals surface area contributed by atoms with Crippen LogP contribution in [0.15, 0.2) is 40.9 Å². The van der Waals surface area contributed by atoms with Crippen LogP contribution in [-0.4, -0.2) is 30.4 Å². The first kappa shape index (κ1) is 21.5. The van der Waals surface area contributed by atoms with Gasteiger partial charge in [-0.1, -0.05) is 32.1 Å². The normalized spacial score (nSPS) is 19.6. The minimum atomic E-state index is -0.702.